The van der Waals surface area contributed by atoms with Crippen LogP contribution in [-0.2, 0) is 0 Å². The summed E-state index contributed by atoms with van der Waals surface area (Å²) in [6.45, 7) is 4.95. The van der Waals surface area contributed by atoms with Crippen molar-refractivity contribution in [1.82, 2.24) is 5.32 Å². The van der Waals surface area contributed by atoms with Crippen molar-refractivity contribution in [2.45, 2.75) is 32.4 Å². The summed E-state index contributed by atoms with van der Waals surface area (Å²) in [5, 5.41) is 22.2. The van der Waals surface area contributed by atoms with Crippen LogP contribution in [0.1, 0.15) is 25.8 Å². The smallest absolute Gasteiger partial charge is 0.137 e. The van der Waals surface area contributed by atoms with Crippen LogP contribution in [0.4, 0.5) is 0 Å². The van der Waals surface area contributed by atoms with E-state index in [0.29, 0.717) is 23.9 Å². The minimum atomic E-state index is -0.585. The van der Waals surface area contributed by atoms with Gasteiger partial charge in [-0.25, -0.2) is 0 Å². The van der Waals surface area contributed by atoms with E-state index < -0.39 is 6.10 Å². The Balaban J connectivity index is 2.25. The molecule has 1 aromatic rings. The predicted molar refractivity (Wildman–Crippen MR) is 87.7 cm³/mol. The average Bonchev–Trinajstić information content (AvgIpc) is 2.51. The second kappa shape index (κ2) is 10.5. The van der Waals surface area contributed by atoms with E-state index in [1.165, 1.54) is 0 Å². The van der Waals surface area contributed by atoms with Crippen LogP contribution in [0, 0.1) is 11.3 Å². The molecular formula is C16H24N2O2S. The van der Waals surface area contributed by atoms with E-state index in [9.17, 15) is 5.11 Å². The molecule has 0 fully saturated rings. The summed E-state index contributed by atoms with van der Waals surface area (Å²) >= 11 is 1.92. The van der Waals surface area contributed by atoms with Crippen molar-refractivity contribution in [2.75, 3.05) is 24.7 Å². The van der Waals surface area contributed by atoms with Crippen molar-refractivity contribution in [2.24, 2.45) is 0 Å². The fraction of sp³-hybridized carbons (Fsp3) is 0.562. The van der Waals surface area contributed by atoms with Gasteiger partial charge in [0.05, 0.1) is 5.56 Å². The average molecular weight is 308 g/mol. The Morgan fingerprint density at radius 3 is 2.90 bits per heavy atom. The van der Waals surface area contributed by atoms with Gasteiger partial charge in [0.25, 0.3) is 0 Å². The highest BCUT2D eigenvalue weighted by atomic mass is 32.2. The molecule has 116 valence electrons. The highest BCUT2D eigenvalue weighted by molar-refractivity contribution is 7.99. The normalized spacial score (nSPS) is 13.4. The Hall–Kier alpha value is -1.22. The number of hydrogen-bond acceptors (Lipinski definition) is 5. The molecule has 0 aromatic heterocycles. The van der Waals surface area contributed by atoms with Gasteiger partial charge in [-0.1, -0.05) is 19.1 Å². The Bertz CT molecular complexity index is 448. The highest BCUT2D eigenvalue weighted by Gasteiger charge is 2.09. The van der Waals surface area contributed by atoms with Gasteiger partial charge in [0, 0.05) is 12.6 Å². The van der Waals surface area contributed by atoms with Crippen molar-refractivity contribution in [3.63, 3.8) is 0 Å². The molecule has 0 amide bonds. The van der Waals surface area contributed by atoms with Gasteiger partial charge in [0.1, 0.15) is 24.5 Å². The molecule has 4 nitrogen and oxygen atoms in total. The van der Waals surface area contributed by atoms with E-state index in [2.05, 4.69) is 25.2 Å². The van der Waals surface area contributed by atoms with Crippen molar-refractivity contribution in [3.8, 4) is 11.8 Å². The number of hydrogen-bond donors (Lipinski definition) is 2. The number of nitrogens with zero attached hydrogens (tertiary/aromatic N) is 1. The van der Waals surface area contributed by atoms with Crippen LogP contribution in [0.25, 0.3) is 0 Å². The van der Waals surface area contributed by atoms with E-state index in [4.69, 9.17) is 10.00 Å². The number of benzene rings is 1. The Labute approximate surface area is 131 Å². The molecule has 2 atom stereocenters. The van der Waals surface area contributed by atoms with Crippen LogP contribution in [0.3, 0.4) is 0 Å². The lowest BCUT2D eigenvalue weighted by Gasteiger charge is -2.17. The third kappa shape index (κ3) is 7.37. The third-order valence-electron chi connectivity index (χ3n) is 3.04. The largest absolute Gasteiger partial charge is 0.489 e. The van der Waals surface area contributed by atoms with Crippen LogP contribution in [0.5, 0.6) is 5.75 Å². The lowest BCUT2D eigenvalue weighted by Crippen LogP contribution is -2.36. The summed E-state index contributed by atoms with van der Waals surface area (Å²) in [4.78, 5) is 0. The van der Waals surface area contributed by atoms with Crippen molar-refractivity contribution in [3.05, 3.63) is 29.8 Å². The van der Waals surface area contributed by atoms with Crippen molar-refractivity contribution >= 4 is 11.8 Å². The maximum Gasteiger partial charge on any atom is 0.137 e. The quantitative estimate of drug-likeness (QED) is 0.650. The summed E-state index contributed by atoms with van der Waals surface area (Å²) in [5.41, 5.74) is 0.489. The first-order valence-corrected chi connectivity index (χ1v) is 8.44. The number of nitriles is 1. The van der Waals surface area contributed by atoms with Gasteiger partial charge in [-0.05, 0) is 37.0 Å². The minimum Gasteiger partial charge on any atom is -0.489 e. The molecule has 1 aromatic carbocycles. The lowest BCUT2D eigenvalue weighted by molar-refractivity contribution is 0.104. The minimum absolute atomic E-state index is 0.183. The van der Waals surface area contributed by atoms with Crippen LogP contribution in [-0.4, -0.2) is 41.9 Å². The Morgan fingerprint density at radius 1 is 1.43 bits per heavy atom. The zero-order valence-electron chi connectivity index (χ0n) is 12.7. The van der Waals surface area contributed by atoms with Gasteiger partial charge >= 0.3 is 0 Å². The molecule has 0 spiro atoms. The van der Waals surface area contributed by atoms with E-state index in [-0.39, 0.29) is 6.61 Å². The monoisotopic (exact) mass is 308 g/mol. The Morgan fingerprint density at radius 2 is 2.19 bits per heavy atom. The fourth-order valence-corrected chi connectivity index (χ4v) is 2.58. The van der Waals surface area contributed by atoms with Gasteiger partial charge < -0.3 is 15.2 Å². The highest BCUT2D eigenvalue weighted by Crippen LogP contribution is 2.16. The first-order valence-electron chi connectivity index (χ1n) is 7.28. The van der Waals surface area contributed by atoms with Gasteiger partial charge in [-0.3, -0.25) is 0 Å². The number of rotatable bonds is 10. The standard InChI is InChI=1S/C16H24N2O2S/c1-3-21-9-8-13(2)18-11-15(19)12-20-16-7-5-4-6-14(16)10-17/h4-7,13,15,18-19H,3,8-9,11-12H2,1-2H3. The maximum atomic E-state index is 9.92. The fourth-order valence-electron chi connectivity index (χ4n) is 1.77. The number of aliphatic hydroxyl groups is 1. The van der Waals surface area contributed by atoms with E-state index >= 15 is 0 Å². The summed E-state index contributed by atoms with van der Waals surface area (Å²) in [5.74, 6) is 2.79. The molecule has 0 aliphatic rings. The van der Waals surface area contributed by atoms with Crippen molar-refractivity contribution < 1.29 is 9.84 Å². The number of thioether (sulfide) groups is 1. The Kier molecular flexibility index (Phi) is 8.91. The van der Waals surface area contributed by atoms with Crippen LogP contribution < -0.4 is 10.1 Å². The first kappa shape index (κ1) is 17.8. The number of ether oxygens (including phenoxy) is 1. The molecule has 0 saturated heterocycles. The van der Waals surface area contributed by atoms with Crippen LogP contribution >= 0.6 is 11.8 Å². The molecule has 2 unspecified atom stereocenters. The van der Waals surface area contributed by atoms with Gasteiger partial charge in [0.15, 0.2) is 0 Å². The molecule has 0 bridgehead atoms. The molecule has 5 heteroatoms. The molecule has 0 aliphatic heterocycles. The topological polar surface area (TPSA) is 65.3 Å². The number of para-hydroxylation sites is 1. The SMILES string of the molecule is CCSCCC(C)NCC(O)COc1ccccc1C#N. The van der Waals surface area contributed by atoms with E-state index in [0.717, 1.165) is 17.9 Å². The zero-order valence-corrected chi connectivity index (χ0v) is 13.5. The van der Waals surface area contributed by atoms with Crippen molar-refractivity contribution in [1.29, 1.82) is 5.26 Å². The molecule has 0 radical (unpaired) electrons. The van der Waals surface area contributed by atoms with Crippen LogP contribution in [0.15, 0.2) is 24.3 Å². The first-order chi connectivity index (χ1) is 10.2. The van der Waals surface area contributed by atoms with Gasteiger partial charge in [-0.15, -0.1) is 0 Å². The van der Waals surface area contributed by atoms with E-state index in [1.807, 2.05) is 17.8 Å². The summed E-state index contributed by atoms with van der Waals surface area (Å²) in [6.07, 6.45) is 0.501. The molecular weight excluding hydrogens is 284 g/mol. The second-order valence-corrected chi connectivity index (χ2v) is 6.26. The predicted octanol–water partition coefficient (Wildman–Crippen LogP) is 2.42. The molecule has 0 aliphatic carbocycles. The lowest BCUT2D eigenvalue weighted by atomic mass is 10.2. The molecule has 21 heavy (non-hydrogen) atoms. The van der Waals surface area contributed by atoms with Crippen LogP contribution in [0.2, 0.25) is 0 Å². The van der Waals surface area contributed by atoms with Gasteiger partial charge in [-0.2, -0.15) is 17.0 Å². The molecule has 1 rings (SSSR count). The number of aliphatic hydroxyl groups excluding tert-OH is 1. The zero-order chi connectivity index (χ0) is 15.5. The molecule has 2 N–H and O–H groups in total. The number of nitrogens with one attached hydrogen (secondary N) is 1. The van der Waals surface area contributed by atoms with Gasteiger partial charge in [0.2, 0.25) is 0 Å². The summed E-state index contributed by atoms with van der Waals surface area (Å²) in [7, 11) is 0. The summed E-state index contributed by atoms with van der Waals surface area (Å²) < 4.78 is 5.50. The molecule has 0 saturated carbocycles. The van der Waals surface area contributed by atoms with E-state index in [1.54, 1.807) is 18.2 Å². The summed E-state index contributed by atoms with van der Waals surface area (Å²) in [6, 6.07) is 9.50. The maximum absolute atomic E-state index is 9.92. The third-order valence-corrected chi connectivity index (χ3v) is 3.97. The second-order valence-electron chi connectivity index (χ2n) is 4.87. The molecule has 0 heterocycles.